The molecule has 0 radical (unpaired) electrons. The van der Waals surface area contributed by atoms with Crippen LogP contribution < -0.4 is 16.8 Å². The van der Waals surface area contributed by atoms with Gasteiger partial charge in [-0.05, 0) is 25.0 Å². The molecule has 1 unspecified atom stereocenters. The number of nitrogens with one attached hydrogen (secondary N) is 1. The molecule has 2 aliphatic rings. The minimum absolute atomic E-state index is 0.151. The number of nitrogens with two attached hydrogens (primary N) is 2. The maximum atomic E-state index is 12.9. The Kier molecular flexibility index (Phi) is 3.67. The Hall–Kier alpha value is -1.90. The van der Waals surface area contributed by atoms with Gasteiger partial charge in [-0.15, -0.1) is 0 Å². The zero-order valence-corrected chi connectivity index (χ0v) is 12.9. The summed E-state index contributed by atoms with van der Waals surface area (Å²) in [5, 5.41) is 2.73. The van der Waals surface area contributed by atoms with E-state index in [2.05, 4.69) is 10.3 Å². The van der Waals surface area contributed by atoms with Crippen molar-refractivity contribution in [1.29, 1.82) is 0 Å². The van der Waals surface area contributed by atoms with Gasteiger partial charge in [0.1, 0.15) is 0 Å². The second-order valence-corrected chi connectivity index (χ2v) is 7.31. The molecular weight excluding hydrogens is 302 g/mol. The first kappa shape index (κ1) is 15.0. The summed E-state index contributed by atoms with van der Waals surface area (Å²) in [6.45, 7) is 1.08. The first-order valence-electron chi connectivity index (χ1n) is 7.12. The van der Waals surface area contributed by atoms with Gasteiger partial charge in [0.05, 0.1) is 4.90 Å². The molecule has 0 saturated carbocycles. The van der Waals surface area contributed by atoms with Crippen molar-refractivity contribution in [1.82, 2.24) is 9.62 Å². The van der Waals surface area contributed by atoms with Crippen LogP contribution in [-0.2, 0) is 15.7 Å². The Morgan fingerprint density at radius 1 is 1.23 bits per heavy atom. The third-order valence-corrected chi connectivity index (χ3v) is 5.83. The molecule has 0 aliphatic carbocycles. The highest BCUT2D eigenvalue weighted by Crippen LogP contribution is 2.32. The Balaban J connectivity index is 2.11. The normalized spacial score (nSPS) is 25.8. The second kappa shape index (κ2) is 5.38. The van der Waals surface area contributed by atoms with Crippen molar-refractivity contribution in [2.45, 2.75) is 23.4 Å². The zero-order chi connectivity index (χ0) is 15.8. The largest absolute Gasteiger partial charge is 0.370 e. The number of benzene rings is 1. The Bertz CT molecular complexity index is 737. The van der Waals surface area contributed by atoms with Gasteiger partial charge in [0.15, 0.2) is 11.6 Å². The molecule has 2 heterocycles. The van der Waals surface area contributed by atoms with Crippen LogP contribution in [0.5, 0.6) is 0 Å². The molecule has 0 spiro atoms. The van der Waals surface area contributed by atoms with Crippen LogP contribution in [0.1, 0.15) is 18.4 Å². The summed E-state index contributed by atoms with van der Waals surface area (Å²) >= 11 is 0. The summed E-state index contributed by atoms with van der Waals surface area (Å²) in [6, 6.07) is 6.68. The van der Waals surface area contributed by atoms with E-state index in [4.69, 9.17) is 11.5 Å². The van der Waals surface area contributed by atoms with Crippen LogP contribution in [0.15, 0.2) is 46.4 Å². The van der Waals surface area contributed by atoms with Crippen molar-refractivity contribution in [2.24, 2.45) is 16.5 Å². The average molecular weight is 321 g/mol. The van der Waals surface area contributed by atoms with Gasteiger partial charge in [-0.25, -0.2) is 13.4 Å². The number of hydrogen-bond acceptors (Lipinski definition) is 6. The number of nitrogens with zero attached hydrogens (tertiary/aromatic N) is 2. The summed E-state index contributed by atoms with van der Waals surface area (Å²) in [5.74, 6) is 0.151. The van der Waals surface area contributed by atoms with E-state index in [0.717, 1.165) is 12.8 Å². The summed E-state index contributed by atoms with van der Waals surface area (Å²) in [6.07, 6.45) is 4.93. The van der Waals surface area contributed by atoms with Gasteiger partial charge in [-0.1, -0.05) is 18.2 Å². The molecule has 1 saturated heterocycles. The van der Waals surface area contributed by atoms with Gasteiger partial charge < -0.3 is 11.1 Å². The average Bonchev–Trinajstić information content (AvgIpc) is 3.02. The molecule has 7 nitrogen and oxygen atoms in total. The van der Waals surface area contributed by atoms with Gasteiger partial charge in [0, 0.05) is 24.9 Å². The van der Waals surface area contributed by atoms with Crippen LogP contribution in [0.25, 0.3) is 0 Å². The van der Waals surface area contributed by atoms with Crippen molar-refractivity contribution in [3.63, 3.8) is 0 Å². The summed E-state index contributed by atoms with van der Waals surface area (Å²) in [5.41, 5.74) is 11.1. The monoisotopic (exact) mass is 321 g/mol. The number of rotatable bonds is 3. The van der Waals surface area contributed by atoms with E-state index in [1.165, 1.54) is 4.31 Å². The highest BCUT2D eigenvalue weighted by Gasteiger charge is 2.35. The number of aliphatic imine (C=N–C) groups is 1. The van der Waals surface area contributed by atoms with Crippen LogP contribution in [0, 0.1) is 0 Å². The summed E-state index contributed by atoms with van der Waals surface area (Å²) < 4.78 is 27.2. The van der Waals surface area contributed by atoms with Crippen molar-refractivity contribution in [3.8, 4) is 0 Å². The van der Waals surface area contributed by atoms with Crippen molar-refractivity contribution in [3.05, 3.63) is 42.1 Å². The maximum absolute atomic E-state index is 12.9. The van der Waals surface area contributed by atoms with E-state index in [1.54, 1.807) is 36.5 Å². The van der Waals surface area contributed by atoms with E-state index in [1.807, 2.05) is 0 Å². The molecule has 1 atom stereocenters. The van der Waals surface area contributed by atoms with Gasteiger partial charge in [-0.3, -0.25) is 5.73 Å². The van der Waals surface area contributed by atoms with E-state index in [-0.39, 0.29) is 10.9 Å². The predicted molar refractivity (Wildman–Crippen MR) is 84.2 cm³/mol. The molecule has 118 valence electrons. The lowest BCUT2D eigenvalue weighted by molar-refractivity contribution is 0.472. The lowest BCUT2D eigenvalue weighted by atomic mass is 10.0. The van der Waals surface area contributed by atoms with Crippen LogP contribution in [-0.4, -0.2) is 31.8 Å². The van der Waals surface area contributed by atoms with Crippen molar-refractivity contribution in [2.75, 3.05) is 13.1 Å². The Morgan fingerprint density at radius 2 is 1.91 bits per heavy atom. The minimum atomic E-state index is -3.59. The molecule has 8 heteroatoms. The molecular formula is C14H19N5O2S. The quantitative estimate of drug-likeness (QED) is 0.726. The molecule has 0 aromatic heterocycles. The fraction of sp³-hybridized carbons (Fsp3) is 0.357. The fourth-order valence-electron chi connectivity index (χ4n) is 2.76. The lowest BCUT2D eigenvalue weighted by Crippen LogP contribution is -2.43. The maximum Gasteiger partial charge on any atom is 0.243 e. The first-order chi connectivity index (χ1) is 10.4. The van der Waals surface area contributed by atoms with Crippen molar-refractivity contribution < 1.29 is 8.42 Å². The number of hydrogen-bond donors (Lipinski definition) is 3. The van der Waals surface area contributed by atoms with Gasteiger partial charge in [-0.2, -0.15) is 4.31 Å². The van der Waals surface area contributed by atoms with Gasteiger partial charge in [0.25, 0.3) is 0 Å². The number of guanidine groups is 1. The van der Waals surface area contributed by atoms with E-state index >= 15 is 0 Å². The van der Waals surface area contributed by atoms with Gasteiger partial charge >= 0.3 is 0 Å². The zero-order valence-electron chi connectivity index (χ0n) is 12.1. The second-order valence-electron chi connectivity index (χ2n) is 5.41. The molecule has 1 fully saturated rings. The smallest absolute Gasteiger partial charge is 0.243 e. The van der Waals surface area contributed by atoms with Crippen LogP contribution in [0.4, 0.5) is 0 Å². The predicted octanol–water partition coefficient (Wildman–Crippen LogP) is 0.0142. The standard InChI is InChI=1S/C14H19N5O2S/c15-13-17-8-7-14(16,18-13)11-5-1-2-6-12(11)22(20,21)19-9-3-4-10-19/h1-2,5-8H,3-4,9-10,16H2,(H3,15,17,18). The molecule has 2 aliphatic heterocycles. The topological polar surface area (TPSA) is 114 Å². The van der Waals surface area contributed by atoms with Crippen molar-refractivity contribution >= 4 is 16.0 Å². The summed E-state index contributed by atoms with van der Waals surface area (Å²) in [7, 11) is -3.59. The fourth-order valence-corrected chi connectivity index (χ4v) is 4.54. The minimum Gasteiger partial charge on any atom is -0.370 e. The molecule has 3 rings (SSSR count). The molecule has 22 heavy (non-hydrogen) atoms. The first-order valence-corrected chi connectivity index (χ1v) is 8.56. The molecule has 0 amide bonds. The highest BCUT2D eigenvalue weighted by molar-refractivity contribution is 7.89. The lowest BCUT2D eigenvalue weighted by Gasteiger charge is -2.28. The molecule has 1 aromatic rings. The van der Waals surface area contributed by atoms with Crippen LogP contribution in [0.2, 0.25) is 0 Å². The van der Waals surface area contributed by atoms with E-state index in [0.29, 0.717) is 18.7 Å². The third kappa shape index (κ3) is 2.49. The molecule has 5 N–H and O–H groups in total. The third-order valence-electron chi connectivity index (χ3n) is 3.88. The Labute approximate surface area is 129 Å². The summed E-state index contributed by atoms with van der Waals surface area (Å²) in [4.78, 5) is 4.36. The molecule has 1 aromatic carbocycles. The van der Waals surface area contributed by atoms with E-state index in [9.17, 15) is 8.42 Å². The van der Waals surface area contributed by atoms with E-state index < -0.39 is 15.7 Å². The van der Waals surface area contributed by atoms with Gasteiger partial charge in [0.2, 0.25) is 10.0 Å². The molecule has 0 bridgehead atoms. The van der Waals surface area contributed by atoms with Crippen LogP contribution >= 0.6 is 0 Å². The SMILES string of the molecule is NC1=NC(N)(c2ccccc2S(=O)(=O)N2CCCC2)C=CN1. The van der Waals surface area contributed by atoms with Crippen LogP contribution in [0.3, 0.4) is 0 Å². The number of sulfonamides is 1. The Morgan fingerprint density at radius 3 is 2.59 bits per heavy atom. The highest BCUT2D eigenvalue weighted by atomic mass is 32.2.